The van der Waals surface area contributed by atoms with Crippen molar-refractivity contribution in [1.29, 1.82) is 0 Å². The van der Waals surface area contributed by atoms with Crippen molar-refractivity contribution in [2.45, 2.75) is 6.54 Å². The lowest BCUT2D eigenvalue weighted by atomic mass is 10.2. The van der Waals surface area contributed by atoms with Crippen molar-refractivity contribution in [2.75, 3.05) is 0 Å². The predicted octanol–water partition coefficient (Wildman–Crippen LogP) is 4.21. The molecule has 3 aromatic rings. The Morgan fingerprint density at radius 1 is 1.09 bits per heavy atom. The van der Waals surface area contributed by atoms with Gasteiger partial charge in [0.2, 0.25) is 0 Å². The summed E-state index contributed by atoms with van der Waals surface area (Å²) in [6, 6.07) is 11.5. The molecule has 3 rings (SSSR count). The molecule has 0 bridgehead atoms. The Balaban J connectivity index is 1.79. The first-order chi connectivity index (χ1) is 11.0. The third-order valence-electron chi connectivity index (χ3n) is 3.20. The number of hydrogen-bond donors (Lipinski definition) is 0. The van der Waals surface area contributed by atoms with Crippen LogP contribution < -0.4 is 0 Å². The maximum absolute atomic E-state index is 10.7. The first kappa shape index (κ1) is 15.5. The van der Waals surface area contributed by atoms with Crippen molar-refractivity contribution in [1.82, 2.24) is 14.8 Å². The van der Waals surface area contributed by atoms with Gasteiger partial charge < -0.3 is 0 Å². The Bertz CT molecular complexity index is 862. The van der Waals surface area contributed by atoms with Crippen molar-refractivity contribution < 1.29 is 4.92 Å². The summed E-state index contributed by atoms with van der Waals surface area (Å²) < 4.78 is 1.66. The Kier molecular flexibility index (Phi) is 4.27. The fourth-order valence-corrected chi connectivity index (χ4v) is 2.38. The molecule has 23 heavy (non-hydrogen) atoms. The quantitative estimate of drug-likeness (QED) is 0.522. The van der Waals surface area contributed by atoms with Gasteiger partial charge in [0.1, 0.15) is 6.33 Å². The van der Waals surface area contributed by atoms with E-state index in [9.17, 15) is 10.1 Å². The molecule has 0 fully saturated rings. The van der Waals surface area contributed by atoms with Crippen LogP contribution in [0.5, 0.6) is 0 Å². The summed E-state index contributed by atoms with van der Waals surface area (Å²) in [5.74, 6) is 0.500. The van der Waals surface area contributed by atoms with Gasteiger partial charge in [0.15, 0.2) is 5.82 Å². The number of benzene rings is 2. The number of aromatic nitrogens is 3. The van der Waals surface area contributed by atoms with E-state index in [1.54, 1.807) is 35.3 Å². The Morgan fingerprint density at radius 3 is 2.48 bits per heavy atom. The van der Waals surface area contributed by atoms with E-state index in [0.29, 0.717) is 28.0 Å². The number of non-ortho nitro benzene ring substituents is 1. The second-order valence-corrected chi connectivity index (χ2v) is 5.63. The van der Waals surface area contributed by atoms with Gasteiger partial charge in [-0.3, -0.25) is 10.1 Å². The minimum absolute atomic E-state index is 0.0315. The third kappa shape index (κ3) is 3.49. The highest BCUT2D eigenvalue weighted by atomic mass is 35.5. The number of nitro benzene ring substituents is 1. The van der Waals surface area contributed by atoms with Crippen molar-refractivity contribution >= 4 is 28.9 Å². The largest absolute Gasteiger partial charge is 0.269 e. The second-order valence-electron chi connectivity index (χ2n) is 4.82. The van der Waals surface area contributed by atoms with Gasteiger partial charge in [-0.15, -0.1) is 0 Å². The monoisotopic (exact) mass is 348 g/mol. The van der Waals surface area contributed by atoms with Crippen LogP contribution in [-0.4, -0.2) is 19.7 Å². The van der Waals surface area contributed by atoms with E-state index in [2.05, 4.69) is 10.1 Å². The average molecular weight is 349 g/mol. The van der Waals surface area contributed by atoms with Crippen LogP contribution in [0.4, 0.5) is 5.69 Å². The lowest BCUT2D eigenvalue weighted by molar-refractivity contribution is -0.384. The topological polar surface area (TPSA) is 73.8 Å². The molecule has 116 valence electrons. The van der Waals surface area contributed by atoms with Gasteiger partial charge in [-0.25, -0.2) is 9.67 Å². The van der Waals surface area contributed by atoms with E-state index >= 15 is 0 Å². The van der Waals surface area contributed by atoms with E-state index in [0.717, 1.165) is 5.56 Å². The van der Waals surface area contributed by atoms with Gasteiger partial charge in [-0.05, 0) is 29.8 Å². The molecule has 1 aromatic heterocycles. The van der Waals surface area contributed by atoms with Gasteiger partial charge in [0.05, 0.1) is 21.5 Å². The van der Waals surface area contributed by atoms with Crippen LogP contribution in [0.15, 0.2) is 48.8 Å². The SMILES string of the molecule is O=[N+]([O-])c1ccc(-c2ncn(Cc3ccc(Cl)c(Cl)c3)n2)cc1. The highest BCUT2D eigenvalue weighted by Gasteiger charge is 2.09. The molecule has 0 amide bonds. The number of halogens is 2. The summed E-state index contributed by atoms with van der Waals surface area (Å²) >= 11 is 11.9. The molecular weight excluding hydrogens is 339 g/mol. The molecule has 2 aromatic carbocycles. The zero-order valence-electron chi connectivity index (χ0n) is 11.7. The lowest BCUT2D eigenvalue weighted by Crippen LogP contribution is -2.00. The molecule has 0 N–H and O–H groups in total. The fraction of sp³-hybridized carbons (Fsp3) is 0.0667. The van der Waals surface area contributed by atoms with E-state index in [1.807, 2.05) is 6.07 Å². The predicted molar refractivity (Wildman–Crippen MR) is 87.7 cm³/mol. The molecule has 1 heterocycles. The molecule has 0 aliphatic carbocycles. The standard InChI is InChI=1S/C15H10Cl2N4O2/c16-13-6-1-10(7-14(13)17)8-20-9-18-15(19-20)11-2-4-12(5-3-11)21(22)23/h1-7,9H,8H2. The molecule has 0 atom stereocenters. The minimum atomic E-state index is -0.444. The van der Waals surface area contributed by atoms with Gasteiger partial charge in [-0.2, -0.15) is 5.10 Å². The highest BCUT2D eigenvalue weighted by Crippen LogP contribution is 2.23. The normalized spacial score (nSPS) is 10.7. The Hall–Kier alpha value is -2.44. The Labute approximate surface area is 141 Å². The molecule has 0 saturated carbocycles. The summed E-state index contributed by atoms with van der Waals surface area (Å²) in [6.07, 6.45) is 1.60. The van der Waals surface area contributed by atoms with Crippen molar-refractivity contribution in [3.63, 3.8) is 0 Å². The maximum Gasteiger partial charge on any atom is 0.269 e. The number of hydrogen-bond acceptors (Lipinski definition) is 4. The van der Waals surface area contributed by atoms with Crippen molar-refractivity contribution in [3.8, 4) is 11.4 Å². The molecule has 0 saturated heterocycles. The van der Waals surface area contributed by atoms with Crippen molar-refractivity contribution in [2.24, 2.45) is 0 Å². The Morgan fingerprint density at radius 2 is 1.83 bits per heavy atom. The summed E-state index contributed by atoms with van der Waals surface area (Å²) in [4.78, 5) is 14.4. The average Bonchev–Trinajstić information content (AvgIpc) is 2.99. The highest BCUT2D eigenvalue weighted by molar-refractivity contribution is 6.42. The number of nitro groups is 1. The molecule has 0 radical (unpaired) electrons. The van der Waals surface area contributed by atoms with E-state index in [4.69, 9.17) is 23.2 Å². The van der Waals surface area contributed by atoms with Crippen LogP contribution in [0.2, 0.25) is 10.0 Å². The smallest absolute Gasteiger partial charge is 0.258 e. The van der Waals surface area contributed by atoms with E-state index in [-0.39, 0.29) is 5.69 Å². The molecule has 0 aliphatic rings. The number of rotatable bonds is 4. The van der Waals surface area contributed by atoms with Gasteiger partial charge in [0.25, 0.3) is 5.69 Å². The summed E-state index contributed by atoms with van der Waals surface area (Å²) in [5.41, 5.74) is 1.69. The molecule has 0 spiro atoms. The maximum atomic E-state index is 10.7. The van der Waals surface area contributed by atoms with Crippen LogP contribution in [-0.2, 0) is 6.54 Å². The lowest BCUT2D eigenvalue weighted by Gasteiger charge is -2.03. The molecular formula is C15H10Cl2N4O2. The van der Waals surface area contributed by atoms with Crippen LogP contribution in [0, 0.1) is 10.1 Å². The third-order valence-corrected chi connectivity index (χ3v) is 3.94. The van der Waals surface area contributed by atoms with Gasteiger partial charge >= 0.3 is 0 Å². The molecule has 0 aliphatic heterocycles. The molecule has 0 unspecified atom stereocenters. The number of nitrogens with zero attached hydrogens (tertiary/aromatic N) is 4. The van der Waals surface area contributed by atoms with Gasteiger partial charge in [0, 0.05) is 17.7 Å². The van der Waals surface area contributed by atoms with Crippen LogP contribution in [0.25, 0.3) is 11.4 Å². The van der Waals surface area contributed by atoms with Gasteiger partial charge in [-0.1, -0.05) is 29.3 Å². The van der Waals surface area contributed by atoms with E-state index < -0.39 is 4.92 Å². The zero-order chi connectivity index (χ0) is 16.4. The van der Waals surface area contributed by atoms with Crippen molar-refractivity contribution in [3.05, 3.63) is 74.5 Å². The van der Waals surface area contributed by atoms with Crippen LogP contribution >= 0.6 is 23.2 Å². The molecule has 6 nitrogen and oxygen atoms in total. The van der Waals surface area contributed by atoms with Crippen LogP contribution in [0.1, 0.15) is 5.56 Å². The summed E-state index contributed by atoms with van der Waals surface area (Å²) in [7, 11) is 0. The van der Waals surface area contributed by atoms with Crippen LogP contribution in [0.3, 0.4) is 0 Å². The first-order valence-corrected chi connectivity index (χ1v) is 7.37. The molecule has 8 heteroatoms. The first-order valence-electron chi connectivity index (χ1n) is 6.61. The summed E-state index contributed by atoms with van der Waals surface area (Å²) in [5, 5.41) is 16.0. The van der Waals surface area contributed by atoms with E-state index in [1.165, 1.54) is 12.1 Å². The second kappa shape index (κ2) is 6.36. The summed E-state index contributed by atoms with van der Waals surface area (Å²) in [6.45, 7) is 0.497. The fourth-order valence-electron chi connectivity index (χ4n) is 2.06. The minimum Gasteiger partial charge on any atom is -0.258 e. The zero-order valence-corrected chi connectivity index (χ0v) is 13.2.